The summed E-state index contributed by atoms with van der Waals surface area (Å²) < 4.78 is 26.0. The highest BCUT2D eigenvalue weighted by Crippen LogP contribution is 2.37. The molecule has 0 amide bonds. The molecule has 272 valence electrons. The Morgan fingerprint density at radius 3 is 2.10 bits per heavy atom. The van der Waals surface area contributed by atoms with Crippen molar-refractivity contribution in [1.82, 2.24) is 0 Å². The maximum absolute atomic E-state index is 13.3. The molecule has 6 nitrogen and oxygen atoms in total. The number of ether oxygens (including phenoxy) is 3. The third-order valence-electron chi connectivity index (χ3n) is 9.64. The highest BCUT2D eigenvalue weighted by Gasteiger charge is 2.50. The molecule has 1 saturated heterocycles. The molecule has 1 aliphatic heterocycles. The SMILES string of the molecule is COc1ccc(CO[C@H](CC(=O)C[C@@H](O)C[C@H]2CCC[C@H](CCO[Si](c3ccccc3)(c3ccccc3)C(C)(C)C)O2)[C@@H](C)C=C(Br)Br)cc1. The summed E-state index contributed by atoms with van der Waals surface area (Å²) in [6, 6.07) is 29.1. The van der Waals surface area contributed by atoms with Crippen molar-refractivity contribution in [3.63, 3.8) is 0 Å². The van der Waals surface area contributed by atoms with Crippen molar-refractivity contribution in [3.05, 3.63) is 100.0 Å². The first-order valence-corrected chi connectivity index (χ1v) is 21.3. The Morgan fingerprint density at radius 1 is 0.940 bits per heavy atom. The smallest absolute Gasteiger partial charge is 0.261 e. The number of hydrogen-bond donors (Lipinski definition) is 1. The number of aliphatic hydroxyl groups is 1. The number of methoxy groups -OCH3 is 1. The van der Waals surface area contributed by atoms with Crippen LogP contribution in [0.15, 0.2) is 94.4 Å². The van der Waals surface area contributed by atoms with Crippen molar-refractivity contribution in [3.8, 4) is 5.75 Å². The van der Waals surface area contributed by atoms with Crippen molar-refractivity contribution in [1.29, 1.82) is 0 Å². The topological polar surface area (TPSA) is 74.2 Å². The van der Waals surface area contributed by atoms with Gasteiger partial charge in [0, 0.05) is 25.4 Å². The minimum absolute atomic E-state index is 0.0192. The monoisotopic (exact) mass is 828 g/mol. The molecule has 0 spiro atoms. The van der Waals surface area contributed by atoms with Gasteiger partial charge >= 0.3 is 0 Å². The number of carbonyl (C=O) groups excluding carboxylic acids is 1. The normalized spacial score (nSPS) is 18.6. The van der Waals surface area contributed by atoms with Crippen LogP contribution in [0.3, 0.4) is 0 Å². The quantitative estimate of drug-likeness (QED) is 0.129. The minimum atomic E-state index is -2.61. The fraction of sp³-hybridized carbons (Fsp3) is 0.488. The summed E-state index contributed by atoms with van der Waals surface area (Å²) in [6.45, 7) is 9.88. The third kappa shape index (κ3) is 11.7. The highest BCUT2D eigenvalue weighted by molar-refractivity contribution is 9.28. The van der Waals surface area contributed by atoms with E-state index in [4.69, 9.17) is 18.6 Å². The van der Waals surface area contributed by atoms with Gasteiger partial charge in [-0.3, -0.25) is 4.79 Å². The maximum atomic E-state index is 13.3. The van der Waals surface area contributed by atoms with Gasteiger partial charge in [-0.05, 0) is 97.1 Å². The average molecular weight is 831 g/mol. The molecular weight excluding hydrogens is 776 g/mol. The van der Waals surface area contributed by atoms with Crippen LogP contribution in [-0.2, 0) is 25.3 Å². The lowest BCUT2D eigenvalue weighted by Crippen LogP contribution is -2.66. The van der Waals surface area contributed by atoms with Crippen molar-refractivity contribution >= 4 is 56.3 Å². The summed E-state index contributed by atoms with van der Waals surface area (Å²) in [7, 11) is -0.974. The Labute approximate surface area is 317 Å². The Hall–Kier alpha value is -2.11. The van der Waals surface area contributed by atoms with E-state index in [0.29, 0.717) is 19.6 Å². The first kappa shape index (κ1) is 40.7. The van der Waals surface area contributed by atoms with Gasteiger partial charge in [0.2, 0.25) is 0 Å². The summed E-state index contributed by atoms with van der Waals surface area (Å²) in [6.07, 6.45) is 5.25. The molecule has 3 aromatic carbocycles. The summed E-state index contributed by atoms with van der Waals surface area (Å²) in [5.41, 5.74) is 0.998. The zero-order chi connectivity index (χ0) is 36.1. The zero-order valence-electron chi connectivity index (χ0n) is 30.2. The molecule has 50 heavy (non-hydrogen) atoms. The van der Waals surface area contributed by atoms with Crippen LogP contribution in [0.25, 0.3) is 0 Å². The van der Waals surface area contributed by atoms with Gasteiger partial charge in [0.1, 0.15) is 11.5 Å². The van der Waals surface area contributed by atoms with E-state index in [1.807, 2.05) is 37.3 Å². The molecular formula is C41H54Br2O6Si. The second-order valence-electron chi connectivity index (χ2n) is 14.5. The molecule has 3 aromatic rings. The van der Waals surface area contributed by atoms with E-state index in [2.05, 4.69) is 113 Å². The van der Waals surface area contributed by atoms with Crippen LogP contribution in [0.1, 0.15) is 78.2 Å². The number of hydrogen-bond acceptors (Lipinski definition) is 6. The molecule has 1 heterocycles. The second kappa shape index (κ2) is 19.6. The van der Waals surface area contributed by atoms with Gasteiger partial charge in [0.05, 0.1) is 41.5 Å². The number of halogens is 2. The standard InChI is InChI=1S/C41H54Br2O6Si/c1-30(25-40(42)43)39(47-29-31-19-21-34(46-5)22-20-31)28-33(45)26-32(44)27-36-14-12-13-35(49-36)23-24-48-50(41(2,3)4,37-15-8-6-9-16-37)38-17-10-7-11-18-38/h6-11,15-22,25,30,32,35-36,39,44H,12-14,23-24,26-29H2,1-5H3/t30-,32+,35+,36+,39+/m0/s1. The molecule has 0 radical (unpaired) electrons. The van der Waals surface area contributed by atoms with Gasteiger partial charge in [-0.15, -0.1) is 0 Å². The summed E-state index contributed by atoms with van der Waals surface area (Å²) in [5, 5.41) is 13.5. The van der Waals surface area contributed by atoms with E-state index in [9.17, 15) is 9.90 Å². The number of aliphatic hydroxyl groups excluding tert-OH is 1. The first-order valence-electron chi connectivity index (χ1n) is 17.8. The third-order valence-corrected chi connectivity index (χ3v) is 15.2. The lowest BCUT2D eigenvalue weighted by molar-refractivity contribution is -0.126. The van der Waals surface area contributed by atoms with Crippen LogP contribution in [-0.4, -0.2) is 57.3 Å². The van der Waals surface area contributed by atoms with Gasteiger partial charge in [-0.25, -0.2) is 0 Å². The number of rotatable bonds is 18. The number of carbonyl (C=O) groups is 1. The molecule has 0 unspecified atom stereocenters. The van der Waals surface area contributed by atoms with Crippen LogP contribution < -0.4 is 15.1 Å². The van der Waals surface area contributed by atoms with Gasteiger partial charge in [-0.1, -0.05) is 107 Å². The van der Waals surface area contributed by atoms with Crippen molar-refractivity contribution in [2.45, 2.75) is 109 Å². The molecule has 0 aliphatic carbocycles. The van der Waals surface area contributed by atoms with E-state index in [1.165, 1.54) is 10.4 Å². The van der Waals surface area contributed by atoms with Crippen molar-refractivity contribution in [2.24, 2.45) is 5.92 Å². The maximum Gasteiger partial charge on any atom is 0.261 e. The summed E-state index contributed by atoms with van der Waals surface area (Å²) in [5.74, 6) is 0.733. The Balaban J connectivity index is 1.32. The molecule has 0 saturated carbocycles. The van der Waals surface area contributed by atoms with Gasteiger partial charge in [0.15, 0.2) is 0 Å². The lowest BCUT2D eigenvalue weighted by Gasteiger charge is -2.43. The molecule has 9 heteroatoms. The van der Waals surface area contributed by atoms with E-state index >= 15 is 0 Å². The zero-order valence-corrected chi connectivity index (χ0v) is 34.3. The summed E-state index contributed by atoms with van der Waals surface area (Å²) >= 11 is 6.88. The van der Waals surface area contributed by atoms with Crippen molar-refractivity contribution in [2.75, 3.05) is 13.7 Å². The Kier molecular flexibility index (Phi) is 16.0. The van der Waals surface area contributed by atoms with Gasteiger partial charge in [-0.2, -0.15) is 0 Å². The molecule has 5 atom stereocenters. The van der Waals surface area contributed by atoms with E-state index in [-0.39, 0.29) is 47.9 Å². The fourth-order valence-corrected chi connectivity index (χ4v) is 12.5. The van der Waals surface area contributed by atoms with Crippen LogP contribution in [0, 0.1) is 5.92 Å². The molecule has 1 N–H and O–H groups in total. The van der Waals surface area contributed by atoms with Crippen LogP contribution >= 0.6 is 31.9 Å². The number of Topliss-reactive ketones (excluding diaryl/α,β-unsaturated/α-hetero) is 1. The minimum Gasteiger partial charge on any atom is -0.497 e. The van der Waals surface area contributed by atoms with Crippen LogP contribution in [0.2, 0.25) is 5.04 Å². The predicted octanol–water partition coefficient (Wildman–Crippen LogP) is 8.85. The average Bonchev–Trinajstić information content (AvgIpc) is 3.08. The van der Waals surface area contributed by atoms with Gasteiger partial charge in [0.25, 0.3) is 8.32 Å². The second-order valence-corrected chi connectivity index (χ2v) is 21.5. The molecule has 4 rings (SSSR count). The highest BCUT2D eigenvalue weighted by atomic mass is 79.9. The first-order chi connectivity index (χ1) is 23.9. The molecule has 0 aromatic heterocycles. The van der Waals surface area contributed by atoms with E-state index < -0.39 is 14.4 Å². The largest absolute Gasteiger partial charge is 0.497 e. The van der Waals surface area contributed by atoms with Crippen molar-refractivity contribution < 1.29 is 28.5 Å². The predicted molar refractivity (Wildman–Crippen MR) is 212 cm³/mol. The van der Waals surface area contributed by atoms with Gasteiger partial charge < -0.3 is 23.7 Å². The van der Waals surface area contributed by atoms with Crippen LogP contribution in [0.5, 0.6) is 5.75 Å². The molecule has 0 bridgehead atoms. The summed E-state index contributed by atoms with van der Waals surface area (Å²) in [4.78, 5) is 13.3. The molecule has 1 fully saturated rings. The lowest BCUT2D eigenvalue weighted by atomic mass is 9.94. The Bertz CT molecular complexity index is 1430. The van der Waals surface area contributed by atoms with E-state index in [0.717, 1.165) is 40.4 Å². The molecule has 1 aliphatic rings. The Morgan fingerprint density at radius 2 is 1.54 bits per heavy atom. The van der Waals surface area contributed by atoms with Crippen LogP contribution in [0.4, 0.5) is 0 Å². The van der Waals surface area contributed by atoms with E-state index in [1.54, 1.807) is 7.11 Å². The number of ketones is 1. The fourth-order valence-electron chi connectivity index (χ4n) is 7.06. The number of benzene rings is 3.